The third kappa shape index (κ3) is 7.59. The summed E-state index contributed by atoms with van der Waals surface area (Å²) in [6.07, 6.45) is 0.458. The van der Waals surface area contributed by atoms with Gasteiger partial charge in [0.2, 0.25) is 5.91 Å². The van der Waals surface area contributed by atoms with Gasteiger partial charge in [0, 0.05) is 53.7 Å². The first-order valence-electron chi connectivity index (χ1n) is 13.8. The first-order valence-corrected chi connectivity index (χ1v) is 15.3. The zero-order valence-corrected chi connectivity index (χ0v) is 24.8. The number of phosphoric ester groups is 1. The fraction of sp³-hybridized carbons (Fsp3) is 0.125. The van der Waals surface area contributed by atoms with E-state index in [0.29, 0.717) is 22.9 Å². The van der Waals surface area contributed by atoms with E-state index in [2.05, 4.69) is 15.2 Å². The Balaban J connectivity index is 1.24. The van der Waals surface area contributed by atoms with Gasteiger partial charge in [-0.05, 0) is 66.1 Å². The number of carboxylic acids is 1. The van der Waals surface area contributed by atoms with Crippen molar-refractivity contribution >= 4 is 36.6 Å². The van der Waals surface area contributed by atoms with Crippen molar-refractivity contribution in [1.29, 1.82) is 0 Å². The average molecular weight is 646 g/mol. The summed E-state index contributed by atoms with van der Waals surface area (Å²) in [5, 5.41) is 25.9. The summed E-state index contributed by atoms with van der Waals surface area (Å²) in [7, 11) is -4.91. The molecule has 5 rings (SSSR count). The van der Waals surface area contributed by atoms with Gasteiger partial charge in [0.15, 0.2) is 5.43 Å². The molecule has 236 valence electrons. The highest BCUT2D eigenvalue weighted by molar-refractivity contribution is 7.45. The fourth-order valence-corrected chi connectivity index (χ4v) is 5.29. The molecule has 0 bridgehead atoms. The number of nitrogens with one attached hydrogen (secondary N) is 2. The number of benzene rings is 4. The molecule has 13 nitrogen and oxygen atoms in total. The summed E-state index contributed by atoms with van der Waals surface area (Å²) in [6, 6.07) is 18.5. The number of phenols is 1. The van der Waals surface area contributed by atoms with Crippen LogP contribution < -0.4 is 25.5 Å². The van der Waals surface area contributed by atoms with E-state index in [-0.39, 0.29) is 70.4 Å². The molecule has 1 aliphatic carbocycles. The number of rotatable bonds is 11. The van der Waals surface area contributed by atoms with Crippen LogP contribution in [0.25, 0.3) is 33.4 Å². The van der Waals surface area contributed by atoms with Crippen LogP contribution in [0.1, 0.15) is 32.7 Å². The lowest BCUT2D eigenvalue weighted by Gasteiger charge is -2.17. The normalized spacial score (nSPS) is 12.4. The van der Waals surface area contributed by atoms with Crippen molar-refractivity contribution in [2.45, 2.75) is 12.8 Å². The number of carbonyl (C=O) groups excluding carboxylic acids is 2. The van der Waals surface area contributed by atoms with E-state index in [1.165, 1.54) is 60.7 Å². The molecular weight excluding hydrogens is 619 g/mol. The summed E-state index contributed by atoms with van der Waals surface area (Å²) in [6.45, 7) is 0.171. The smallest absolute Gasteiger partial charge is 0.336 e. The summed E-state index contributed by atoms with van der Waals surface area (Å²) >= 11 is 0. The predicted octanol–water partition coefficient (Wildman–Crippen LogP) is 3.29. The number of phosphoric acid groups is 1. The molecule has 0 radical (unpaired) electrons. The Hall–Kier alpha value is -5.49. The number of phenolic OH excluding ortho intramolecular Hbond substituents is 1. The zero-order valence-electron chi connectivity index (χ0n) is 23.9. The standard InChI is InChI=1S/C32H27N2O11P/c35-20-5-10-24-27(16-20)44-28-17-21(36)6-11-25(28)30(24)23-9-4-19(15-26(23)32(39)40)31(38)34-14-13-33-29(37)12-3-18-1-7-22(8-2-18)45-46(41,42)43/h1-2,4-11,15-17,35H,3,12-14H2,(H,33,37)(H,34,38)(H,39,40)(H2,41,42,43)/p-1. The molecule has 14 heteroatoms. The van der Waals surface area contributed by atoms with Crippen LogP contribution in [-0.2, 0) is 15.8 Å². The fourth-order valence-electron chi connectivity index (χ4n) is 4.91. The molecule has 3 aromatic rings. The molecule has 1 unspecified atom stereocenters. The van der Waals surface area contributed by atoms with Crippen molar-refractivity contribution in [3.05, 3.63) is 106 Å². The minimum Gasteiger partial charge on any atom is -0.746 e. The number of aromatic hydroxyl groups is 1. The Morgan fingerprint density at radius 2 is 1.61 bits per heavy atom. The SMILES string of the molecule is O=C(CCc1ccc(OP(=O)([O-])O)cc1)NCCNC(=O)c1ccc(-c2c3ccc(=O)cc-3oc3cc(O)ccc23)c(C(=O)O)c1. The maximum atomic E-state index is 12.9. The molecule has 0 spiro atoms. The Bertz CT molecular complexity index is 2030. The lowest BCUT2D eigenvalue weighted by molar-refractivity contribution is -0.211. The Morgan fingerprint density at radius 3 is 2.33 bits per heavy atom. The van der Waals surface area contributed by atoms with Gasteiger partial charge in [0.05, 0.1) is 5.56 Å². The van der Waals surface area contributed by atoms with Crippen LogP contribution in [0, 0.1) is 0 Å². The van der Waals surface area contributed by atoms with Crippen LogP contribution >= 0.6 is 7.82 Å². The van der Waals surface area contributed by atoms with Gasteiger partial charge in [-0.25, -0.2) is 4.79 Å². The first kappa shape index (κ1) is 31.9. The molecule has 1 atom stereocenters. The first-order chi connectivity index (χ1) is 21.9. The Labute approximate surface area is 260 Å². The molecule has 2 aliphatic rings. The number of carbonyl (C=O) groups is 3. The van der Waals surface area contributed by atoms with Crippen molar-refractivity contribution in [2.24, 2.45) is 0 Å². The average Bonchev–Trinajstić information content (AvgIpc) is 3.00. The summed E-state index contributed by atoms with van der Waals surface area (Å²) in [5.74, 6) is -2.09. The van der Waals surface area contributed by atoms with E-state index in [9.17, 15) is 38.8 Å². The van der Waals surface area contributed by atoms with E-state index in [1.54, 1.807) is 18.2 Å². The van der Waals surface area contributed by atoms with Crippen LogP contribution in [0.3, 0.4) is 0 Å². The number of carboxylic acid groups (broad SMARTS) is 1. The molecule has 3 aromatic carbocycles. The maximum absolute atomic E-state index is 12.9. The highest BCUT2D eigenvalue weighted by Crippen LogP contribution is 2.42. The second kappa shape index (κ2) is 13.2. The molecular formula is C32H26N2O11P-. The lowest BCUT2D eigenvalue weighted by Crippen LogP contribution is -2.34. The van der Waals surface area contributed by atoms with E-state index in [1.807, 2.05) is 0 Å². The van der Waals surface area contributed by atoms with Crippen molar-refractivity contribution in [3.8, 4) is 33.9 Å². The number of fused-ring (bicyclic) bond motifs is 2. The van der Waals surface area contributed by atoms with Gasteiger partial charge < -0.3 is 39.6 Å². The third-order valence-electron chi connectivity index (χ3n) is 6.98. The molecule has 0 fully saturated rings. The van der Waals surface area contributed by atoms with Gasteiger partial charge in [0.25, 0.3) is 5.91 Å². The van der Waals surface area contributed by atoms with Crippen molar-refractivity contribution in [3.63, 3.8) is 0 Å². The number of amides is 2. The molecule has 1 aliphatic heterocycles. The highest BCUT2D eigenvalue weighted by Gasteiger charge is 2.23. The van der Waals surface area contributed by atoms with Crippen molar-refractivity contribution in [2.75, 3.05) is 13.1 Å². The largest absolute Gasteiger partial charge is 0.746 e. The molecule has 0 saturated heterocycles. The molecule has 2 amide bonds. The second-order valence-corrected chi connectivity index (χ2v) is 11.3. The number of aromatic carboxylic acids is 1. The van der Waals surface area contributed by atoms with Gasteiger partial charge in [0.1, 0.15) is 22.8 Å². The van der Waals surface area contributed by atoms with E-state index < -0.39 is 19.7 Å². The van der Waals surface area contributed by atoms with E-state index in [0.717, 1.165) is 5.56 Å². The summed E-state index contributed by atoms with van der Waals surface area (Å²) in [5.41, 5.74) is 1.73. The van der Waals surface area contributed by atoms with Crippen molar-refractivity contribution < 1.29 is 47.9 Å². The minimum atomic E-state index is -4.91. The van der Waals surface area contributed by atoms with Crippen LogP contribution in [0.5, 0.6) is 11.5 Å². The monoisotopic (exact) mass is 645 g/mol. The van der Waals surface area contributed by atoms with Gasteiger partial charge in [-0.2, -0.15) is 0 Å². The molecule has 5 N–H and O–H groups in total. The highest BCUT2D eigenvalue weighted by atomic mass is 31.2. The van der Waals surface area contributed by atoms with E-state index >= 15 is 0 Å². The van der Waals surface area contributed by atoms with Crippen LogP contribution in [0.15, 0.2) is 88.1 Å². The third-order valence-corrected chi connectivity index (χ3v) is 7.42. The maximum Gasteiger partial charge on any atom is 0.336 e. The summed E-state index contributed by atoms with van der Waals surface area (Å²) in [4.78, 5) is 69.1. The molecule has 0 aromatic heterocycles. The number of aryl methyl sites for hydroxylation is 1. The quantitative estimate of drug-likeness (QED) is 0.0798. The van der Waals surface area contributed by atoms with Crippen molar-refractivity contribution in [1.82, 2.24) is 10.6 Å². The van der Waals surface area contributed by atoms with Crippen LogP contribution in [0.2, 0.25) is 0 Å². The zero-order chi connectivity index (χ0) is 33.0. The Kier molecular flexibility index (Phi) is 9.19. The molecule has 46 heavy (non-hydrogen) atoms. The molecule has 1 heterocycles. The van der Waals surface area contributed by atoms with Gasteiger partial charge >= 0.3 is 13.8 Å². The number of hydrogen-bond donors (Lipinski definition) is 5. The Morgan fingerprint density at radius 1 is 0.891 bits per heavy atom. The van der Waals surface area contributed by atoms with Crippen LogP contribution in [-0.4, -0.2) is 46.0 Å². The second-order valence-electron chi connectivity index (χ2n) is 10.2. The van der Waals surface area contributed by atoms with Gasteiger partial charge in [-0.3, -0.25) is 18.9 Å². The van der Waals surface area contributed by atoms with Gasteiger partial charge in [-0.1, -0.05) is 18.2 Å². The number of hydrogen-bond acceptors (Lipinski definition) is 9. The lowest BCUT2D eigenvalue weighted by atomic mass is 9.90. The topological polar surface area (TPSA) is 216 Å². The van der Waals surface area contributed by atoms with E-state index in [4.69, 9.17) is 9.31 Å². The van der Waals surface area contributed by atoms with Crippen LogP contribution in [0.4, 0.5) is 0 Å². The van der Waals surface area contributed by atoms with Gasteiger partial charge in [-0.15, -0.1) is 0 Å². The predicted molar refractivity (Wildman–Crippen MR) is 164 cm³/mol. The minimum absolute atomic E-state index is 0.0621. The summed E-state index contributed by atoms with van der Waals surface area (Å²) < 4.78 is 21.0. The molecule has 0 saturated carbocycles.